The Morgan fingerprint density at radius 1 is 0.270 bits per heavy atom. The van der Waals surface area contributed by atoms with Crippen LogP contribution in [0.15, 0.2) is 158 Å². The number of hydrogen-bond acceptors (Lipinski definition) is 12. The van der Waals surface area contributed by atoms with Crippen LogP contribution < -0.4 is 18.6 Å². The first-order chi connectivity index (χ1) is 35.1. The van der Waals surface area contributed by atoms with Gasteiger partial charge in [0.05, 0.1) is 0 Å². The Kier molecular flexibility index (Phi) is 12.2. The SMILES string of the molecule is [CH3][Ge]([CH3])([CH3])[c]1ccc(N(c2ccc(-c3cc4c5ccccc5c(-c5ccc(N(c6cc[c]([Ge]([CH3])([CH3])[CH3])cc6)c6c(O)c(O)c(O)c(O)c6O)cc5)cc4c4ccccc34)cc2)c2c(O)c(O)c(O)c(O)c2O)cc1. The van der Waals surface area contributed by atoms with E-state index in [0.29, 0.717) is 22.7 Å². The van der Waals surface area contributed by atoms with Crippen molar-refractivity contribution in [1.82, 2.24) is 0 Å². The molecule has 0 amide bonds. The Hall–Kier alpha value is -8.33. The van der Waals surface area contributed by atoms with Crippen molar-refractivity contribution in [3.63, 3.8) is 0 Å². The Balaban J connectivity index is 1.09. The minimum absolute atomic E-state index is 0.315. The number of hydrogen-bond donors (Lipinski definition) is 10. The fraction of sp³-hybridized carbons (Fsp3) is 0.100. The van der Waals surface area contributed by atoms with E-state index >= 15 is 0 Å². The molecule has 14 heteroatoms. The predicted octanol–water partition coefficient (Wildman–Crippen LogP) is 13.6. The van der Waals surface area contributed by atoms with E-state index in [4.69, 9.17) is 0 Å². The number of aromatic hydroxyl groups is 10. The number of phenolic OH excluding ortho intramolecular Hbond substituents is 10. The molecule has 74 heavy (non-hydrogen) atoms. The summed E-state index contributed by atoms with van der Waals surface area (Å²) >= 11 is -4.54. The second-order valence-corrected chi connectivity index (χ2v) is 41.9. The van der Waals surface area contributed by atoms with E-state index in [1.165, 1.54) is 18.6 Å². The van der Waals surface area contributed by atoms with Gasteiger partial charge in [0.15, 0.2) is 0 Å². The van der Waals surface area contributed by atoms with Crippen molar-refractivity contribution in [2.45, 2.75) is 34.5 Å². The summed E-state index contributed by atoms with van der Waals surface area (Å²) in [4.78, 5) is 3.04. The number of anilines is 6. The van der Waals surface area contributed by atoms with Crippen molar-refractivity contribution in [3.8, 4) is 79.7 Å². The van der Waals surface area contributed by atoms with Gasteiger partial charge in [0.2, 0.25) is 0 Å². The van der Waals surface area contributed by atoms with E-state index < -0.39 is 84.0 Å². The summed E-state index contributed by atoms with van der Waals surface area (Å²) in [6.07, 6.45) is 0. The summed E-state index contributed by atoms with van der Waals surface area (Å²) in [6.45, 7) is 0. The molecule has 10 rings (SSSR count). The van der Waals surface area contributed by atoms with Crippen molar-refractivity contribution in [3.05, 3.63) is 158 Å². The zero-order valence-corrected chi connectivity index (χ0v) is 45.6. The average molecular weight is 1110 g/mol. The molecule has 0 saturated carbocycles. The Morgan fingerprint density at radius 3 is 0.784 bits per heavy atom. The molecule has 0 unspecified atom stereocenters. The van der Waals surface area contributed by atoms with Crippen LogP contribution in [0.2, 0.25) is 34.5 Å². The van der Waals surface area contributed by atoms with E-state index in [0.717, 1.165) is 54.6 Å². The summed E-state index contributed by atoms with van der Waals surface area (Å²) in [6, 6.07) is 51.2. The Labute approximate surface area is 432 Å². The van der Waals surface area contributed by atoms with E-state index in [9.17, 15) is 51.1 Å². The normalized spacial score (nSPS) is 11.9. The average Bonchev–Trinajstić information content (AvgIpc) is 3.40. The van der Waals surface area contributed by atoms with E-state index in [1.807, 2.05) is 121 Å². The molecule has 10 aromatic rings. The standard InChI is InChI=1S/C60H54Ge2N2O10/c1-61(2,3)35-19-27-39(28-20-35)63(49-51(65)55(69)59(73)56(70)52(49)66)37-23-15-33(16-24-37)45-31-47-44-14-10-8-12-42(44)46(32-48(47)43-13-9-7-11-41(43)45)34-17-25-38(26-18-34)64(40-29-21-36(22-30-40)62(4,5)6)50-53(67)57(71)60(74)58(72)54(50)68/h7-32,65-74H,1-6H3. The number of nitrogens with zero attached hydrogens (tertiary/aromatic N) is 2. The van der Waals surface area contributed by atoms with Gasteiger partial charge in [0, 0.05) is 0 Å². The molecular formula is C60H54Ge2N2O10. The van der Waals surface area contributed by atoms with Crippen LogP contribution in [0.4, 0.5) is 34.1 Å². The second kappa shape index (κ2) is 18.3. The van der Waals surface area contributed by atoms with Crippen LogP contribution >= 0.6 is 0 Å². The van der Waals surface area contributed by atoms with Gasteiger partial charge in [-0.25, -0.2) is 0 Å². The third-order valence-corrected chi connectivity index (χ3v) is 22.5. The number of rotatable bonds is 10. The Morgan fingerprint density at radius 2 is 0.514 bits per heavy atom. The molecule has 0 saturated heterocycles. The van der Waals surface area contributed by atoms with Gasteiger partial charge < -0.3 is 0 Å². The molecule has 0 heterocycles. The molecule has 12 nitrogen and oxygen atoms in total. The molecule has 0 bridgehead atoms. The fourth-order valence-electron chi connectivity index (χ4n) is 9.81. The zero-order chi connectivity index (χ0) is 52.7. The van der Waals surface area contributed by atoms with Crippen LogP contribution in [0, 0.1) is 0 Å². The molecule has 10 N–H and O–H groups in total. The van der Waals surface area contributed by atoms with Crippen molar-refractivity contribution in [2.75, 3.05) is 9.80 Å². The molecule has 0 aliphatic heterocycles. The van der Waals surface area contributed by atoms with Crippen LogP contribution in [-0.4, -0.2) is 77.6 Å². The quantitative estimate of drug-likeness (QED) is 0.0269. The summed E-state index contributed by atoms with van der Waals surface area (Å²) in [5.41, 5.74) is 5.00. The molecule has 0 aliphatic carbocycles. The van der Waals surface area contributed by atoms with Gasteiger partial charge in [0.1, 0.15) is 0 Å². The van der Waals surface area contributed by atoms with Gasteiger partial charge in [-0.3, -0.25) is 0 Å². The molecule has 0 fully saturated rings. The zero-order valence-electron chi connectivity index (χ0n) is 41.4. The number of benzene rings is 10. The van der Waals surface area contributed by atoms with Gasteiger partial charge in [-0.1, -0.05) is 36.4 Å². The maximum absolute atomic E-state index is 11.2. The first kappa shape index (κ1) is 49.3. The topological polar surface area (TPSA) is 209 Å². The van der Waals surface area contributed by atoms with Crippen molar-refractivity contribution < 1.29 is 51.1 Å². The third kappa shape index (κ3) is 8.29. The van der Waals surface area contributed by atoms with Gasteiger partial charge >= 0.3 is 398 Å². The van der Waals surface area contributed by atoms with E-state index in [2.05, 4.69) is 70.9 Å². The molecule has 372 valence electrons. The fourth-order valence-corrected chi connectivity index (χ4v) is 14.7. The molecule has 0 radical (unpaired) electrons. The molecule has 0 spiro atoms. The number of fused-ring (bicyclic) bond motifs is 5. The monoisotopic (exact) mass is 1110 g/mol. The molecular weight excluding hydrogens is 1050 g/mol. The van der Waals surface area contributed by atoms with Gasteiger partial charge in [-0.05, 0) is 0 Å². The van der Waals surface area contributed by atoms with Crippen LogP contribution in [0.5, 0.6) is 57.5 Å². The third-order valence-electron chi connectivity index (χ3n) is 13.9. The Bertz CT molecular complexity index is 3540. The molecule has 0 aliphatic rings. The molecule has 0 atom stereocenters. The van der Waals surface area contributed by atoms with Crippen molar-refractivity contribution >= 4 is 102 Å². The maximum atomic E-state index is 11.2. The summed E-state index contributed by atoms with van der Waals surface area (Å²) < 4.78 is 2.44. The minimum atomic E-state index is -2.27. The van der Waals surface area contributed by atoms with E-state index in [1.54, 1.807) is 0 Å². The van der Waals surface area contributed by atoms with Crippen LogP contribution in [0.3, 0.4) is 0 Å². The van der Waals surface area contributed by atoms with E-state index in [-0.39, 0.29) is 11.4 Å². The molecule has 10 aromatic carbocycles. The second-order valence-electron chi connectivity index (χ2n) is 20.6. The van der Waals surface area contributed by atoms with Gasteiger partial charge in [-0.15, -0.1) is 0 Å². The van der Waals surface area contributed by atoms with Crippen LogP contribution in [0.1, 0.15) is 0 Å². The van der Waals surface area contributed by atoms with Crippen molar-refractivity contribution in [1.29, 1.82) is 0 Å². The van der Waals surface area contributed by atoms with Crippen molar-refractivity contribution in [2.24, 2.45) is 0 Å². The van der Waals surface area contributed by atoms with Crippen LogP contribution in [-0.2, 0) is 0 Å². The molecule has 0 aromatic heterocycles. The van der Waals surface area contributed by atoms with Gasteiger partial charge in [-0.2, -0.15) is 0 Å². The summed E-state index contributed by atoms with van der Waals surface area (Å²) in [5, 5.41) is 114. The first-order valence-electron chi connectivity index (χ1n) is 23.9. The first-order valence-corrected chi connectivity index (χ1v) is 38.6. The predicted molar refractivity (Wildman–Crippen MR) is 302 cm³/mol. The van der Waals surface area contributed by atoms with Gasteiger partial charge in [0.25, 0.3) is 0 Å². The van der Waals surface area contributed by atoms with Crippen LogP contribution in [0.25, 0.3) is 54.6 Å². The number of phenols is 10. The summed E-state index contributed by atoms with van der Waals surface area (Å²) in [7, 11) is 0. The summed E-state index contributed by atoms with van der Waals surface area (Å²) in [5.74, 6) is 4.36.